The fraction of sp³-hybridized carbons (Fsp3) is 0.176. The van der Waals surface area contributed by atoms with E-state index in [-0.39, 0.29) is 12.4 Å². The maximum Gasteiger partial charge on any atom is 0.339 e. The Morgan fingerprint density at radius 3 is 2.64 bits per heavy atom. The first-order valence-corrected chi connectivity index (χ1v) is 7.77. The number of benzene rings is 2. The monoisotopic (exact) mass is 315 g/mol. The molecule has 22 heavy (non-hydrogen) atoms. The number of nitrogens with two attached hydrogens (primary N) is 1. The Morgan fingerprint density at radius 1 is 1.14 bits per heavy atom. The summed E-state index contributed by atoms with van der Waals surface area (Å²) in [5.41, 5.74) is 7.64. The van der Waals surface area contributed by atoms with Gasteiger partial charge in [0.1, 0.15) is 6.61 Å². The van der Waals surface area contributed by atoms with Gasteiger partial charge in [-0.15, -0.1) is 11.8 Å². The molecule has 0 aliphatic carbocycles. The van der Waals surface area contributed by atoms with E-state index in [1.54, 1.807) is 24.3 Å². The molecule has 5 heteroatoms. The lowest BCUT2D eigenvalue weighted by Crippen LogP contribution is -2.13. The Kier molecular flexibility index (Phi) is 5.61. The molecule has 0 bridgehead atoms. The van der Waals surface area contributed by atoms with Gasteiger partial charge < -0.3 is 10.5 Å². The summed E-state index contributed by atoms with van der Waals surface area (Å²) in [7, 11) is 0. The number of esters is 1. The summed E-state index contributed by atoms with van der Waals surface area (Å²) in [6.07, 6.45) is 0. The standard InChI is InChI=1S/C17H17NO3S/c1-12-5-4-6-13(9-12)10-21-17(20)14-7-2-3-8-15(14)22-11-16(18)19/h2-9H,10-11H2,1H3,(H2,18,19). The van der Waals surface area contributed by atoms with Crippen molar-refractivity contribution in [3.05, 3.63) is 65.2 Å². The number of hydrogen-bond acceptors (Lipinski definition) is 4. The van der Waals surface area contributed by atoms with Crippen molar-refractivity contribution in [1.29, 1.82) is 0 Å². The average molecular weight is 315 g/mol. The number of amides is 1. The largest absolute Gasteiger partial charge is 0.457 e. The zero-order chi connectivity index (χ0) is 15.9. The summed E-state index contributed by atoms with van der Waals surface area (Å²) in [6, 6.07) is 14.8. The van der Waals surface area contributed by atoms with E-state index in [1.165, 1.54) is 11.8 Å². The summed E-state index contributed by atoms with van der Waals surface area (Å²) in [5.74, 6) is -0.704. The lowest BCUT2D eigenvalue weighted by Gasteiger charge is -2.09. The van der Waals surface area contributed by atoms with E-state index in [0.717, 1.165) is 11.1 Å². The molecular weight excluding hydrogens is 298 g/mol. The van der Waals surface area contributed by atoms with Crippen molar-refractivity contribution in [2.45, 2.75) is 18.4 Å². The molecule has 2 rings (SSSR count). The number of aryl methyl sites for hydroxylation is 1. The zero-order valence-corrected chi connectivity index (χ0v) is 13.1. The molecule has 0 aromatic heterocycles. The van der Waals surface area contributed by atoms with E-state index >= 15 is 0 Å². The van der Waals surface area contributed by atoms with E-state index < -0.39 is 11.9 Å². The van der Waals surface area contributed by atoms with Crippen molar-refractivity contribution in [2.24, 2.45) is 5.73 Å². The molecule has 114 valence electrons. The second-order valence-corrected chi connectivity index (χ2v) is 5.83. The maximum atomic E-state index is 12.2. The number of hydrogen-bond donors (Lipinski definition) is 1. The van der Waals surface area contributed by atoms with Crippen LogP contribution in [0.5, 0.6) is 0 Å². The van der Waals surface area contributed by atoms with Gasteiger partial charge in [-0.25, -0.2) is 4.79 Å². The van der Waals surface area contributed by atoms with Gasteiger partial charge in [0.15, 0.2) is 0 Å². The van der Waals surface area contributed by atoms with Gasteiger partial charge in [0.25, 0.3) is 0 Å². The van der Waals surface area contributed by atoms with Crippen LogP contribution in [0.15, 0.2) is 53.4 Å². The fourth-order valence-electron chi connectivity index (χ4n) is 1.94. The molecule has 0 radical (unpaired) electrons. The topological polar surface area (TPSA) is 69.4 Å². The van der Waals surface area contributed by atoms with Crippen LogP contribution in [0, 0.1) is 6.92 Å². The van der Waals surface area contributed by atoms with Crippen molar-refractivity contribution in [3.63, 3.8) is 0 Å². The molecule has 1 amide bonds. The summed E-state index contributed by atoms with van der Waals surface area (Å²) in [4.78, 5) is 23.8. The minimum absolute atomic E-state index is 0.127. The normalized spacial score (nSPS) is 10.2. The lowest BCUT2D eigenvalue weighted by atomic mass is 10.1. The summed E-state index contributed by atoms with van der Waals surface area (Å²) < 4.78 is 5.35. The van der Waals surface area contributed by atoms with Crippen LogP contribution < -0.4 is 5.73 Å². The molecule has 0 saturated heterocycles. The second-order valence-electron chi connectivity index (χ2n) is 4.82. The van der Waals surface area contributed by atoms with Gasteiger partial charge in [-0.1, -0.05) is 42.0 Å². The fourth-order valence-corrected chi connectivity index (χ4v) is 2.72. The van der Waals surface area contributed by atoms with Crippen LogP contribution in [-0.2, 0) is 16.1 Å². The Labute approximate surface area is 133 Å². The third-order valence-electron chi connectivity index (χ3n) is 2.93. The van der Waals surface area contributed by atoms with Crippen molar-refractivity contribution in [1.82, 2.24) is 0 Å². The van der Waals surface area contributed by atoms with Gasteiger partial charge in [0.2, 0.25) is 5.91 Å². The third kappa shape index (κ3) is 4.63. The Hall–Kier alpha value is -2.27. The van der Waals surface area contributed by atoms with Crippen molar-refractivity contribution < 1.29 is 14.3 Å². The second kappa shape index (κ2) is 7.66. The first kappa shape index (κ1) is 16.1. The first-order valence-electron chi connectivity index (χ1n) is 6.79. The molecule has 0 spiro atoms. The molecule has 0 fully saturated rings. The predicted octanol–water partition coefficient (Wildman–Crippen LogP) is 2.93. The number of ether oxygens (including phenoxy) is 1. The van der Waals surface area contributed by atoms with E-state index in [4.69, 9.17) is 10.5 Å². The Balaban J connectivity index is 2.04. The van der Waals surface area contributed by atoms with Crippen LogP contribution in [0.4, 0.5) is 0 Å². The smallest absolute Gasteiger partial charge is 0.339 e. The highest BCUT2D eigenvalue weighted by Crippen LogP contribution is 2.23. The number of thioether (sulfide) groups is 1. The molecule has 0 unspecified atom stereocenters. The molecule has 2 aromatic rings. The average Bonchev–Trinajstić information content (AvgIpc) is 2.51. The van der Waals surface area contributed by atoms with Gasteiger partial charge in [-0.05, 0) is 24.6 Å². The predicted molar refractivity (Wildman–Crippen MR) is 86.7 cm³/mol. The lowest BCUT2D eigenvalue weighted by molar-refractivity contribution is -0.115. The molecular formula is C17H17NO3S. The SMILES string of the molecule is Cc1cccc(COC(=O)c2ccccc2SCC(N)=O)c1. The van der Waals surface area contributed by atoms with Crippen molar-refractivity contribution in [2.75, 3.05) is 5.75 Å². The van der Waals surface area contributed by atoms with Gasteiger partial charge in [0.05, 0.1) is 11.3 Å². The molecule has 0 saturated carbocycles. The molecule has 0 aliphatic rings. The third-order valence-corrected chi connectivity index (χ3v) is 4.03. The number of carbonyl (C=O) groups excluding carboxylic acids is 2. The van der Waals surface area contributed by atoms with Gasteiger partial charge >= 0.3 is 5.97 Å². The highest BCUT2D eigenvalue weighted by molar-refractivity contribution is 8.00. The van der Waals surface area contributed by atoms with Gasteiger partial charge in [0, 0.05) is 4.90 Å². The van der Waals surface area contributed by atoms with Gasteiger partial charge in [-0.2, -0.15) is 0 Å². The molecule has 0 aliphatic heterocycles. The summed E-state index contributed by atoms with van der Waals surface area (Å²) >= 11 is 1.23. The van der Waals surface area contributed by atoms with Crippen LogP contribution in [0.3, 0.4) is 0 Å². The molecule has 2 aromatic carbocycles. The first-order chi connectivity index (χ1) is 10.6. The highest BCUT2D eigenvalue weighted by Gasteiger charge is 2.13. The maximum absolute atomic E-state index is 12.2. The van der Waals surface area contributed by atoms with Gasteiger partial charge in [-0.3, -0.25) is 4.79 Å². The van der Waals surface area contributed by atoms with Crippen molar-refractivity contribution in [3.8, 4) is 0 Å². The number of primary amides is 1. The van der Waals surface area contributed by atoms with Crippen LogP contribution in [-0.4, -0.2) is 17.6 Å². The molecule has 2 N–H and O–H groups in total. The summed E-state index contributed by atoms with van der Waals surface area (Å²) in [6.45, 7) is 2.20. The minimum atomic E-state index is -0.423. The van der Waals surface area contributed by atoms with Crippen molar-refractivity contribution >= 4 is 23.6 Å². The van der Waals surface area contributed by atoms with Crippen LogP contribution in [0.2, 0.25) is 0 Å². The van der Waals surface area contributed by atoms with E-state index in [0.29, 0.717) is 10.5 Å². The Bertz CT molecular complexity index is 685. The minimum Gasteiger partial charge on any atom is -0.457 e. The number of carbonyl (C=O) groups is 2. The van der Waals surface area contributed by atoms with E-state index in [1.807, 2.05) is 31.2 Å². The van der Waals surface area contributed by atoms with Crippen LogP contribution >= 0.6 is 11.8 Å². The molecule has 4 nitrogen and oxygen atoms in total. The van der Waals surface area contributed by atoms with Crippen LogP contribution in [0.25, 0.3) is 0 Å². The number of rotatable bonds is 6. The van der Waals surface area contributed by atoms with E-state index in [9.17, 15) is 9.59 Å². The quantitative estimate of drug-likeness (QED) is 0.657. The molecule has 0 heterocycles. The molecule has 0 atom stereocenters. The summed E-state index contributed by atoms with van der Waals surface area (Å²) in [5, 5.41) is 0. The van der Waals surface area contributed by atoms with Crippen LogP contribution in [0.1, 0.15) is 21.5 Å². The highest BCUT2D eigenvalue weighted by atomic mass is 32.2. The van der Waals surface area contributed by atoms with E-state index in [2.05, 4.69) is 0 Å². The zero-order valence-electron chi connectivity index (χ0n) is 12.2. The Morgan fingerprint density at radius 2 is 1.91 bits per heavy atom.